The highest BCUT2D eigenvalue weighted by molar-refractivity contribution is 9.10. The second-order valence-corrected chi connectivity index (χ2v) is 11.0. The largest absolute Gasteiger partial charge is 0.490 e. The number of halogens is 3. The number of ether oxygens (including phenoxy) is 2. The van der Waals surface area contributed by atoms with Gasteiger partial charge in [-0.15, -0.1) is 10.2 Å². The van der Waals surface area contributed by atoms with E-state index in [1.54, 1.807) is 24.3 Å². The van der Waals surface area contributed by atoms with Crippen LogP contribution in [0.1, 0.15) is 29.1 Å². The van der Waals surface area contributed by atoms with Gasteiger partial charge in [-0.05, 0) is 89.4 Å². The average molecular weight is 638 g/mol. The first kappa shape index (κ1) is 28.2. The molecule has 0 radical (unpaired) electrons. The average Bonchev–Trinajstić information content (AvgIpc) is 3.23. The number of aromatic nitrogens is 3. The van der Waals surface area contributed by atoms with Gasteiger partial charge < -0.3 is 9.47 Å². The molecule has 0 saturated heterocycles. The first-order valence-electron chi connectivity index (χ1n) is 11.5. The van der Waals surface area contributed by atoms with Crippen molar-refractivity contribution in [2.75, 3.05) is 13.2 Å². The lowest BCUT2D eigenvalue weighted by Crippen LogP contribution is -2.12. The van der Waals surface area contributed by atoms with Gasteiger partial charge in [-0.25, -0.2) is 0 Å². The normalized spacial score (nSPS) is 11.8. The van der Waals surface area contributed by atoms with Gasteiger partial charge in [0.2, 0.25) is 6.54 Å². The maximum Gasteiger partial charge on any atom is 0.220 e. The molecule has 0 spiro atoms. The number of hydrogen-bond acceptors (Lipinski definition) is 7. The Labute approximate surface area is 242 Å². The van der Waals surface area contributed by atoms with Gasteiger partial charge in [-0.2, -0.15) is 0 Å². The number of aryl methyl sites for hydroxylation is 1. The molecule has 0 amide bonds. The van der Waals surface area contributed by atoms with Crippen LogP contribution in [-0.2, 0) is 6.61 Å². The smallest absolute Gasteiger partial charge is 0.220 e. The van der Waals surface area contributed by atoms with Crippen LogP contribution in [0.15, 0.2) is 70.3 Å². The van der Waals surface area contributed by atoms with Crippen LogP contribution in [0.5, 0.6) is 11.5 Å². The number of hydrogen-bond donors (Lipinski definition) is 0. The van der Waals surface area contributed by atoms with Crippen LogP contribution in [0.2, 0.25) is 10.0 Å². The van der Waals surface area contributed by atoms with Crippen molar-refractivity contribution in [3.05, 3.63) is 102 Å². The van der Waals surface area contributed by atoms with Gasteiger partial charge in [0, 0.05) is 20.7 Å². The molecule has 4 aromatic rings. The summed E-state index contributed by atoms with van der Waals surface area (Å²) in [4.78, 5) is 11.3. The molecule has 0 N–H and O–H groups in total. The maximum atomic E-state index is 11.7. The predicted octanol–water partition coefficient (Wildman–Crippen LogP) is 7.73. The second-order valence-electron chi connectivity index (χ2n) is 8.15. The molecule has 0 aliphatic carbocycles. The quantitative estimate of drug-likeness (QED) is 0.0943. The third kappa shape index (κ3) is 6.99. The molecule has 198 valence electrons. The van der Waals surface area contributed by atoms with E-state index in [1.165, 1.54) is 11.8 Å². The predicted molar refractivity (Wildman–Crippen MR) is 153 cm³/mol. The van der Waals surface area contributed by atoms with Crippen molar-refractivity contribution in [3.8, 4) is 17.2 Å². The summed E-state index contributed by atoms with van der Waals surface area (Å²) < 4.78 is 14.4. The lowest BCUT2D eigenvalue weighted by atomic mass is 10.1. The van der Waals surface area contributed by atoms with Crippen molar-refractivity contribution >= 4 is 50.9 Å². The van der Waals surface area contributed by atoms with E-state index in [0.717, 1.165) is 11.3 Å². The minimum atomic E-state index is -0.586. The van der Waals surface area contributed by atoms with Crippen molar-refractivity contribution in [2.45, 2.75) is 30.9 Å². The van der Waals surface area contributed by atoms with Crippen LogP contribution in [-0.4, -0.2) is 32.8 Å². The van der Waals surface area contributed by atoms with E-state index in [0.29, 0.717) is 49.2 Å². The standard InChI is InChI=1S/C26H23BrCl2N4O4S/c1-3-36-23-13-18(12-22(27)25(23)37-15-17-5-4-6-20(29)11-17)24(14-32(34)35)38-26-31-30-16(2)33(26)21-9-7-19(28)8-10-21/h4-13,24H,3,14-15H2,1-2H3/t24-/m0/s1. The number of rotatable bonds is 11. The summed E-state index contributed by atoms with van der Waals surface area (Å²) in [5.41, 5.74) is 2.38. The van der Waals surface area contributed by atoms with Crippen LogP contribution < -0.4 is 9.47 Å². The molecule has 0 unspecified atom stereocenters. The Morgan fingerprint density at radius 1 is 1.08 bits per heavy atom. The molecular formula is C26H23BrCl2N4O4S. The van der Waals surface area contributed by atoms with Crippen molar-refractivity contribution < 1.29 is 14.4 Å². The minimum absolute atomic E-state index is 0.273. The summed E-state index contributed by atoms with van der Waals surface area (Å²) in [5.74, 6) is 1.62. The molecule has 3 aromatic carbocycles. The highest BCUT2D eigenvalue weighted by Crippen LogP contribution is 2.43. The van der Waals surface area contributed by atoms with Crippen molar-refractivity contribution in [1.82, 2.24) is 14.8 Å². The van der Waals surface area contributed by atoms with Gasteiger partial charge in [0.1, 0.15) is 17.7 Å². The van der Waals surface area contributed by atoms with Crippen molar-refractivity contribution in [2.24, 2.45) is 0 Å². The zero-order valence-corrected chi connectivity index (χ0v) is 24.4. The zero-order chi connectivity index (χ0) is 27.2. The summed E-state index contributed by atoms with van der Waals surface area (Å²) in [6.07, 6.45) is 0. The molecule has 1 heterocycles. The molecular weight excluding hydrogens is 615 g/mol. The first-order valence-corrected chi connectivity index (χ1v) is 14.0. The summed E-state index contributed by atoms with van der Waals surface area (Å²) in [5, 5.41) is 21.3. The highest BCUT2D eigenvalue weighted by Gasteiger charge is 2.26. The van der Waals surface area contributed by atoms with E-state index in [4.69, 9.17) is 32.7 Å². The molecule has 0 saturated carbocycles. The summed E-state index contributed by atoms with van der Waals surface area (Å²) >= 11 is 17.0. The van der Waals surface area contributed by atoms with Gasteiger partial charge in [0.05, 0.1) is 11.1 Å². The molecule has 0 aliphatic heterocycles. The molecule has 0 fully saturated rings. The molecule has 0 bridgehead atoms. The van der Waals surface area contributed by atoms with Crippen LogP contribution in [0.3, 0.4) is 0 Å². The van der Waals surface area contributed by atoms with E-state index in [9.17, 15) is 10.1 Å². The molecule has 8 nitrogen and oxygen atoms in total. The first-order chi connectivity index (χ1) is 18.2. The topological polar surface area (TPSA) is 92.3 Å². The lowest BCUT2D eigenvalue weighted by Gasteiger charge is -2.19. The fraction of sp³-hybridized carbons (Fsp3) is 0.231. The SMILES string of the molecule is CCOc1cc([C@H](C[N+](=O)[O-])Sc2nnc(C)n2-c2ccc(Cl)cc2)cc(Br)c1OCc1cccc(Cl)c1. The molecule has 12 heteroatoms. The summed E-state index contributed by atoms with van der Waals surface area (Å²) in [6.45, 7) is 4.01. The number of benzene rings is 3. The Balaban J connectivity index is 1.67. The summed E-state index contributed by atoms with van der Waals surface area (Å²) in [7, 11) is 0. The van der Waals surface area contributed by atoms with Crippen molar-refractivity contribution in [3.63, 3.8) is 0 Å². The number of nitrogens with zero attached hydrogens (tertiary/aromatic N) is 4. The van der Waals surface area contributed by atoms with Gasteiger partial charge in [-0.3, -0.25) is 14.7 Å². The van der Waals surface area contributed by atoms with E-state index < -0.39 is 5.25 Å². The molecule has 38 heavy (non-hydrogen) atoms. The molecule has 1 atom stereocenters. The van der Waals surface area contributed by atoms with E-state index in [1.807, 2.05) is 54.8 Å². The molecule has 4 rings (SSSR count). The van der Waals surface area contributed by atoms with Gasteiger partial charge in [0.25, 0.3) is 0 Å². The number of thioether (sulfide) groups is 1. The Hall–Kier alpha value is -2.79. The van der Waals surface area contributed by atoms with E-state index in [-0.39, 0.29) is 18.1 Å². The van der Waals surface area contributed by atoms with Crippen LogP contribution in [0.4, 0.5) is 0 Å². The fourth-order valence-electron chi connectivity index (χ4n) is 3.74. The zero-order valence-electron chi connectivity index (χ0n) is 20.4. The van der Waals surface area contributed by atoms with Crippen LogP contribution >= 0.6 is 50.9 Å². The van der Waals surface area contributed by atoms with Crippen molar-refractivity contribution in [1.29, 1.82) is 0 Å². The van der Waals surface area contributed by atoms with Crippen LogP contribution in [0, 0.1) is 17.0 Å². The summed E-state index contributed by atoms with van der Waals surface area (Å²) in [6, 6.07) is 18.2. The Morgan fingerprint density at radius 3 is 2.53 bits per heavy atom. The molecule has 1 aromatic heterocycles. The molecule has 0 aliphatic rings. The van der Waals surface area contributed by atoms with Crippen LogP contribution in [0.25, 0.3) is 5.69 Å². The maximum absolute atomic E-state index is 11.7. The Kier molecular flexibility index (Phi) is 9.54. The van der Waals surface area contributed by atoms with Gasteiger partial charge in [-0.1, -0.05) is 47.1 Å². The van der Waals surface area contributed by atoms with E-state index in [2.05, 4.69) is 26.1 Å². The Morgan fingerprint density at radius 2 is 1.84 bits per heavy atom. The van der Waals surface area contributed by atoms with Gasteiger partial charge >= 0.3 is 0 Å². The second kappa shape index (κ2) is 12.8. The van der Waals surface area contributed by atoms with E-state index >= 15 is 0 Å². The third-order valence-corrected chi connectivity index (χ3v) is 7.68. The third-order valence-electron chi connectivity index (χ3n) is 5.42. The fourth-order valence-corrected chi connectivity index (χ4v) is 5.81. The monoisotopic (exact) mass is 636 g/mol. The lowest BCUT2D eigenvalue weighted by molar-refractivity contribution is -0.479. The Bertz CT molecular complexity index is 1440. The number of nitro groups is 1. The minimum Gasteiger partial charge on any atom is -0.490 e. The highest BCUT2D eigenvalue weighted by atomic mass is 79.9. The van der Waals surface area contributed by atoms with Gasteiger partial charge in [0.15, 0.2) is 16.7 Å².